The summed E-state index contributed by atoms with van der Waals surface area (Å²) in [6, 6.07) is 10.0. The van der Waals surface area contributed by atoms with Crippen LogP contribution >= 0.6 is 11.8 Å². The maximum absolute atomic E-state index is 13.4. The Morgan fingerprint density at radius 2 is 2.10 bits per heavy atom. The van der Waals surface area contributed by atoms with Crippen molar-refractivity contribution in [1.82, 2.24) is 0 Å². The minimum Gasteiger partial charge on any atom is -0.399 e. The highest BCUT2D eigenvalue weighted by molar-refractivity contribution is 7.99. The van der Waals surface area contributed by atoms with Crippen LogP contribution in [0.3, 0.4) is 0 Å². The quantitative estimate of drug-likeness (QED) is 0.821. The van der Waals surface area contributed by atoms with Gasteiger partial charge in [-0.2, -0.15) is 0 Å². The van der Waals surface area contributed by atoms with Gasteiger partial charge in [-0.05, 0) is 48.9 Å². The van der Waals surface area contributed by atoms with Gasteiger partial charge in [-0.15, -0.1) is 11.8 Å². The van der Waals surface area contributed by atoms with E-state index in [0.29, 0.717) is 23.4 Å². The Hall–Kier alpha value is -2.01. The van der Waals surface area contributed by atoms with Crippen molar-refractivity contribution in [2.45, 2.75) is 11.8 Å². The summed E-state index contributed by atoms with van der Waals surface area (Å²) in [5.41, 5.74) is 8.26. The zero-order valence-electron chi connectivity index (χ0n) is 11.6. The Balaban J connectivity index is 1.99. The molecule has 3 rings (SSSR count). The van der Waals surface area contributed by atoms with E-state index in [0.717, 1.165) is 16.3 Å². The molecule has 0 bridgehead atoms. The van der Waals surface area contributed by atoms with Crippen LogP contribution in [-0.2, 0) is 0 Å². The molecular weight excluding hydrogens is 287 g/mol. The molecule has 3 nitrogen and oxygen atoms in total. The number of nitrogens with two attached hydrogens (primary N) is 1. The number of benzene rings is 2. The van der Waals surface area contributed by atoms with Crippen molar-refractivity contribution in [3.63, 3.8) is 0 Å². The molecule has 21 heavy (non-hydrogen) atoms. The number of nitrogen functional groups attached to an aromatic ring is 1. The zero-order chi connectivity index (χ0) is 15.0. The number of amides is 1. The predicted molar refractivity (Wildman–Crippen MR) is 84.4 cm³/mol. The van der Waals surface area contributed by atoms with E-state index >= 15 is 0 Å². The first-order valence-electron chi connectivity index (χ1n) is 6.66. The largest absolute Gasteiger partial charge is 0.399 e. The van der Waals surface area contributed by atoms with Gasteiger partial charge in [-0.3, -0.25) is 4.79 Å². The highest BCUT2D eigenvalue weighted by atomic mass is 32.2. The van der Waals surface area contributed by atoms with E-state index in [1.54, 1.807) is 29.7 Å². The van der Waals surface area contributed by atoms with Crippen LogP contribution in [0.25, 0.3) is 0 Å². The third-order valence-corrected chi connectivity index (χ3v) is 4.54. The summed E-state index contributed by atoms with van der Waals surface area (Å²) in [6.07, 6.45) is 0. The van der Waals surface area contributed by atoms with E-state index in [-0.39, 0.29) is 11.7 Å². The fourth-order valence-corrected chi connectivity index (χ4v) is 3.35. The Kier molecular flexibility index (Phi) is 3.59. The van der Waals surface area contributed by atoms with Crippen LogP contribution in [0.4, 0.5) is 15.8 Å². The molecular formula is C16H15FN2OS. The summed E-state index contributed by atoms with van der Waals surface area (Å²) in [5.74, 6) is 0.415. The first-order chi connectivity index (χ1) is 10.1. The van der Waals surface area contributed by atoms with Gasteiger partial charge < -0.3 is 10.6 Å². The second kappa shape index (κ2) is 5.41. The number of halogens is 1. The molecule has 1 amide bonds. The van der Waals surface area contributed by atoms with Crippen LogP contribution in [0.2, 0.25) is 0 Å². The van der Waals surface area contributed by atoms with E-state index in [1.807, 2.05) is 18.2 Å². The molecule has 0 radical (unpaired) electrons. The van der Waals surface area contributed by atoms with Crippen molar-refractivity contribution in [1.29, 1.82) is 0 Å². The van der Waals surface area contributed by atoms with Gasteiger partial charge >= 0.3 is 0 Å². The number of rotatable bonds is 1. The van der Waals surface area contributed by atoms with E-state index in [1.165, 1.54) is 12.1 Å². The van der Waals surface area contributed by atoms with Crippen molar-refractivity contribution < 1.29 is 9.18 Å². The smallest absolute Gasteiger partial charge is 0.258 e. The topological polar surface area (TPSA) is 46.3 Å². The molecule has 0 fully saturated rings. The standard InChI is InChI=1S/C16H15FN2OS/c1-10-8-11(2-4-13(10)17)16(20)19-6-7-21-15-5-3-12(18)9-14(15)19/h2-5,8-9H,6-7,18H2,1H3. The zero-order valence-corrected chi connectivity index (χ0v) is 12.4. The number of fused-ring (bicyclic) bond motifs is 1. The third-order valence-electron chi connectivity index (χ3n) is 3.50. The molecule has 0 aromatic heterocycles. The molecule has 108 valence electrons. The molecule has 0 unspecified atom stereocenters. The van der Waals surface area contributed by atoms with Gasteiger partial charge in [0, 0.05) is 28.4 Å². The van der Waals surface area contributed by atoms with Crippen LogP contribution in [-0.4, -0.2) is 18.2 Å². The maximum Gasteiger partial charge on any atom is 0.258 e. The molecule has 1 aliphatic rings. The van der Waals surface area contributed by atoms with Gasteiger partial charge in [-0.1, -0.05) is 0 Å². The first-order valence-corrected chi connectivity index (χ1v) is 7.65. The van der Waals surface area contributed by atoms with E-state index in [9.17, 15) is 9.18 Å². The van der Waals surface area contributed by atoms with Gasteiger partial charge in [0.2, 0.25) is 0 Å². The van der Waals surface area contributed by atoms with Crippen LogP contribution in [0.15, 0.2) is 41.3 Å². The number of hydrogen-bond donors (Lipinski definition) is 1. The molecule has 0 saturated heterocycles. The predicted octanol–water partition coefficient (Wildman–Crippen LogP) is 3.47. The van der Waals surface area contributed by atoms with Gasteiger partial charge in [0.1, 0.15) is 5.82 Å². The van der Waals surface area contributed by atoms with Crippen molar-refractivity contribution in [3.8, 4) is 0 Å². The van der Waals surface area contributed by atoms with Crippen molar-refractivity contribution in [2.24, 2.45) is 0 Å². The average molecular weight is 302 g/mol. The fraction of sp³-hybridized carbons (Fsp3) is 0.188. The molecule has 2 N–H and O–H groups in total. The van der Waals surface area contributed by atoms with Gasteiger partial charge in [0.15, 0.2) is 0 Å². The van der Waals surface area contributed by atoms with Crippen molar-refractivity contribution >= 4 is 29.0 Å². The number of thioether (sulfide) groups is 1. The minimum absolute atomic E-state index is 0.120. The van der Waals surface area contributed by atoms with Crippen LogP contribution in [0.5, 0.6) is 0 Å². The van der Waals surface area contributed by atoms with Crippen molar-refractivity contribution in [3.05, 3.63) is 53.3 Å². The molecule has 0 atom stereocenters. The number of anilines is 2. The molecule has 1 heterocycles. The third kappa shape index (κ3) is 2.61. The van der Waals surface area contributed by atoms with Gasteiger partial charge in [-0.25, -0.2) is 4.39 Å². The second-order valence-corrected chi connectivity index (χ2v) is 6.13. The lowest BCUT2D eigenvalue weighted by Gasteiger charge is -2.29. The summed E-state index contributed by atoms with van der Waals surface area (Å²) in [5, 5.41) is 0. The number of nitrogens with zero attached hydrogens (tertiary/aromatic N) is 1. The highest BCUT2D eigenvalue weighted by Gasteiger charge is 2.24. The Morgan fingerprint density at radius 3 is 2.86 bits per heavy atom. The summed E-state index contributed by atoms with van der Waals surface area (Å²) < 4.78 is 13.4. The summed E-state index contributed by atoms with van der Waals surface area (Å²) in [7, 11) is 0. The normalized spacial score (nSPS) is 13.9. The summed E-state index contributed by atoms with van der Waals surface area (Å²) in [4.78, 5) is 15.5. The van der Waals surface area contributed by atoms with Crippen LogP contribution in [0.1, 0.15) is 15.9 Å². The average Bonchev–Trinajstić information content (AvgIpc) is 2.48. The van der Waals surface area contributed by atoms with Gasteiger partial charge in [0.25, 0.3) is 5.91 Å². The molecule has 5 heteroatoms. The number of carbonyl (C=O) groups is 1. The van der Waals surface area contributed by atoms with Crippen LogP contribution < -0.4 is 10.6 Å². The SMILES string of the molecule is Cc1cc(C(=O)N2CCSc3ccc(N)cc32)ccc1F. The highest BCUT2D eigenvalue weighted by Crippen LogP contribution is 2.36. The Labute approximate surface area is 126 Å². The molecule has 0 saturated carbocycles. The van der Waals surface area contributed by atoms with E-state index in [4.69, 9.17) is 5.73 Å². The van der Waals surface area contributed by atoms with Crippen LogP contribution in [0, 0.1) is 12.7 Å². The first kappa shape index (κ1) is 13.9. The summed E-state index contributed by atoms with van der Waals surface area (Å²) in [6.45, 7) is 2.28. The fourth-order valence-electron chi connectivity index (χ4n) is 2.38. The number of hydrogen-bond acceptors (Lipinski definition) is 3. The second-order valence-electron chi connectivity index (χ2n) is 5.00. The monoisotopic (exact) mass is 302 g/mol. The molecule has 1 aliphatic heterocycles. The lowest BCUT2D eigenvalue weighted by Crippen LogP contribution is -2.35. The molecule has 2 aromatic rings. The minimum atomic E-state index is -0.301. The van der Waals surface area contributed by atoms with E-state index in [2.05, 4.69) is 0 Å². The Morgan fingerprint density at radius 1 is 1.29 bits per heavy atom. The lowest BCUT2D eigenvalue weighted by atomic mass is 10.1. The Bertz CT molecular complexity index is 717. The van der Waals surface area contributed by atoms with E-state index < -0.39 is 0 Å². The summed E-state index contributed by atoms with van der Waals surface area (Å²) >= 11 is 1.71. The molecule has 2 aromatic carbocycles. The maximum atomic E-state index is 13.4. The van der Waals surface area contributed by atoms with Crippen molar-refractivity contribution in [2.75, 3.05) is 22.9 Å². The molecule has 0 spiro atoms. The number of aryl methyl sites for hydroxylation is 1. The number of carbonyl (C=O) groups excluding carboxylic acids is 1. The lowest BCUT2D eigenvalue weighted by molar-refractivity contribution is 0.0987. The molecule has 0 aliphatic carbocycles. The van der Waals surface area contributed by atoms with Gasteiger partial charge in [0.05, 0.1) is 5.69 Å².